The lowest BCUT2D eigenvalue weighted by Gasteiger charge is -2.08. The van der Waals surface area contributed by atoms with Crippen LogP contribution in [0.15, 0.2) is 12.2 Å². The molecule has 2 N–H and O–H groups in total. The van der Waals surface area contributed by atoms with E-state index in [0.29, 0.717) is 12.0 Å². The smallest absolute Gasteiger partial charge is 0.0610 e. The van der Waals surface area contributed by atoms with Crippen LogP contribution in [0.2, 0.25) is 0 Å². The van der Waals surface area contributed by atoms with E-state index in [0.717, 1.165) is 13.0 Å². The summed E-state index contributed by atoms with van der Waals surface area (Å²) in [4.78, 5) is 0. The molecule has 64 valence electrons. The lowest BCUT2D eigenvalue weighted by Crippen LogP contribution is -2.13. The highest BCUT2D eigenvalue weighted by Crippen LogP contribution is 2.21. The van der Waals surface area contributed by atoms with Crippen molar-refractivity contribution in [1.82, 2.24) is 0 Å². The minimum absolute atomic E-state index is 0.169. The molecule has 1 aliphatic heterocycles. The summed E-state index contributed by atoms with van der Waals surface area (Å²) < 4.78 is 5.41. The second-order valence-electron chi connectivity index (χ2n) is 3.27. The molecule has 2 heteroatoms. The van der Waals surface area contributed by atoms with Gasteiger partial charge in [0.15, 0.2) is 0 Å². The maximum atomic E-state index is 5.59. The molecule has 0 amide bonds. The van der Waals surface area contributed by atoms with Gasteiger partial charge in [0.1, 0.15) is 0 Å². The van der Waals surface area contributed by atoms with Crippen molar-refractivity contribution in [1.29, 1.82) is 0 Å². The van der Waals surface area contributed by atoms with Crippen LogP contribution in [-0.2, 0) is 4.74 Å². The largest absolute Gasteiger partial charge is 0.378 e. The van der Waals surface area contributed by atoms with Gasteiger partial charge in [0.05, 0.1) is 6.10 Å². The quantitative estimate of drug-likeness (QED) is 0.610. The summed E-state index contributed by atoms with van der Waals surface area (Å²) in [6.45, 7) is 5.00. The zero-order chi connectivity index (χ0) is 8.27. The standard InChI is InChI=1S/C9H17NO/c1-7(10)3-4-9-5-6-11-8(9)2/h3-4,7-9H,5-6,10H2,1-2H3/b4-3+. The first-order valence-electron chi connectivity index (χ1n) is 4.25. The molecule has 0 spiro atoms. The van der Waals surface area contributed by atoms with E-state index < -0.39 is 0 Å². The molecule has 0 saturated carbocycles. The van der Waals surface area contributed by atoms with Crippen LogP contribution in [0.1, 0.15) is 20.3 Å². The Labute approximate surface area is 68.4 Å². The van der Waals surface area contributed by atoms with Gasteiger partial charge in [0, 0.05) is 18.6 Å². The fourth-order valence-corrected chi connectivity index (χ4v) is 1.32. The second kappa shape index (κ2) is 3.88. The SMILES string of the molecule is CC(N)/C=C/C1CCOC1C. The summed E-state index contributed by atoms with van der Waals surface area (Å²) in [5, 5.41) is 0. The number of hydrogen-bond donors (Lipinski definition) is 1. The van der Waals surface area contributed by atoms with E-state index in [2.05, 4.69) is 19.1 Å². The van der Waals surface area contributed by atoms with Crippen LogP contribution in [0.3, 0.4) is 0 Å². The predicted molar refractivity (Wildman–Crippen MR) is 46.3 cm³/mol. The van der Waals surface area contributed by atoms with Crippen LogP contribution >= 0.6 is 0 Å². The summed E-state index contributed by atoms with van der Waals surface area (Å²) in [5.41, 5.74) is 5.59. The van der Waals surface area contributed by atoms with Crippen molar-refractivity contribution in [3.8, 4) is 0 Å². The fourth-order valence-electron chi connectivity index (χ4n) is 1.32. The summed E-state index contributed by atoms with van der Waals surface area (Å²) >= 11 is 0. The fraction of sp³-hybridized carbons (Fsp3) is 0.778. The average Bonchev–Trinajstić information content (AvgIpc) is 2.31. The Kier molecular flexibility index (Phi) is 3.09. The lowest BCUT2D eigenvalue weighted by atomic mass is 10.0. The molecule has 1 heterocycles. The molecule has 3 unspecified atom stereocenters. The first kappa shape index (κ1) is 8.75. The molecule has 1 rings (SSSR count). The third-order valence-electron chi connectivity index (χ3n) is 2.10. The molecule has 0 aromatic heterocycles. The van der Waals surface area contributed by atoms with Gasteiger partial charge >= 0.3 is 0 Å². The van der Waals surface area contributed by atoms with E-state index in [-0.39, 0.29) is 6.04 Å². The van der Waals surface area contributed by atoms with Gasteiger partial charge in [-0.2, -0.15) is 0 Å². The average molecular weight is 155 g/mol. The molecule has 0 bridgehead atoms. The highest BCUT2D eigenvalue weighted by atomic mass is 16.5. The Morgan fingerprint density at radius 2 is 2.36 bits per heavy atom. The van der Waals surface area contributed by atoms with Crippen LogP contribution in [0.25, 0.3) is 0 Å². The molecule has 0 aromatic carbocycles. The van der Waals surface area contributed by atoms with Crippen LogP contribution in [0.4, 0.5) is 0 Å². The van der Waals surface area contributed by atoms with Crippen LogP contribution in [0, 0.1) is 5.92 Å². The third-order valence-corrected chi connectivity index (χ3v) is 2.10. The van der Waals surface area contributed by atoms with Crippen LogP contribution < -0.4 is 5.73 Å². The van der Waals surface area contributed by atoms with Gasteiger partial charge in [0.25, 0.3) is 0 Å². The molecule has 1 aliphatic rings. The Balaban J connectivity index is 2.36. The summed E-state index contributed by atoms with van der Waals surface area (Å²) in [7, 11) is 0. The Hall–Kier alpha value is -0.340. The van der Waals surface area contributed by atoms with Gasteiger partial charge in [-0.1, -0.05) is 12.2 Å². The van der Waals surface area contributed by atoms with Crippen molar-refractivity contribution in [2.45, 2.75) is 32.4 Å². The molecule has 0 radical (unpaired) electrons. The van der Waals surface area contributed by atoms with E-state index in [9.17, 15) is 0 Å². The van der Waals surface area contributed by atoms with Gasteiger partial charge in [-0.25, -0.2) is 0 Å². The summed E-state index contributed by atoms with van der Waals surface area (Å²) in [6.07, 6.45) is 5.76. The molecular formula is C9H17NO. The predicted octanol–water partition coefficient (Wildman–Crippen LogP) is 1.31. The van der Waals surface area contributed by atoms with Crippen molar-refractivity contribution >= 4 is 0 Å². The van der Waals surface area contributed by atoms with Crippen molar-refractivity contribution in [3.05, 3.63) is 12.2 Å². The van der Waals surface area contributed by atoms with Crippen molar-refractivity contribution in [2.75, 3.05) is 6.61 Å². The number of hydrogen-bond acceptors (Lipinski definition) is 2. The second-order valence-corrected chi connectivity index (χ2v) is 3.27. The highest BCUT2D eigenvalue weighted by Gasteiger charge is 2.20. The number of nitrogens with two attached hydrogens (primary N) is 1. The van der Waals surface area contributed by atoms with Gasteiger partial charge in [-0.05, 0) is 20.3 Å². The van der Waals surface area contributed by atoms with E-state index in [1.807, 2.05) is 6.92 Å². The molecule has 0 aromatic rings. The van der Waals surface area contributed by atoms with Gasteiger partial charge in [0.2, 0.25) is 0 Å². The van der Waals surface area contributed by atoms with Gasteiger partial charge in [-0.15, -0.1) is 0 Å². The van der Waals surface area contributed by atoms with E-state index in [1.54, 1.807) is 0 Å². The first-order valence-corrected chi connectivity index (χ1v) is 4.25. The molecule has 1 fully saturated rings. The highest BCUT2D eigenvalue weighted by molar-refractivity contribution is 4.97. The third kappa shape index (κ3) is 2.64. The van der Waals surface area contributed by atoms with E-state index >= 15 is 0 Å². The van der Waals surface area contributed by atoms with Gasteiger partial charge in [-0.3, -0.25) is 0 Å². The monoisotopic (exact) mass is 155 g/mol. The van der Waals surface area contributed by atoms with Crippen molar-refractivity contribution in [3.63, 3.8) is 0 Å². The minimum atomic E-state index is 0.169. The maximum Gasteiger partial charge on any atom is 0.0610 e. The first-order chi connectivity index (χ1) is 5.20. The number of rotatable bonds is 2. The molecular weight excluding hydrogens is 138 g/mol. The minimum Gasteiger partial charge on any atom is -0.378 e. The zero-order valence-corrected chi connectivity index (χ0v) is 7.29. The topological polar surface area (TPSA) is 35.2 Å². The zero-order valence-electron chi connectivity index (χ0n) is 7.29. The Morgan fingerprint density at radius 3 is 2.82 bits per heavy atom. The summed E-state index contributed by atoms with van der Waals surface area (Å²) in [5.74, 6) is 0.584. The Morgan fingerprint density at radius 1 is 1.64 bits per heavy atom. The normalized spacial score (nSPS) is 34.8. The molecule has 2 nitrogen and oxygen atoms in total. The molecule has 0 aliphatic carbocycles. The van der Waals surface area contributed by atoms with E-state index in [1.165, 1.54) is 0 Å². The van der Waals surface area contributed by atoms with Crippen LogP contribution in [-0.4, -0.2) is 18.8 Å². The Bertz CT molecular complexity index is 142. The molecule has 3 atom stereocenters. The number of ether oxygens (including phenoxy) is 1. The summed E-state index contributed by atoms with van der Waals surface area (Å²) in [6, 6.07) is 0.169. The van der Waals surface area contributed by atoms with E-state index in [4.69, 9.17) is 10.5 Å². The molecule has 11 heavy (non-hydrogen) atoms. The van der Waals surface area contributed by atoms with Crippen molar-refractivity contribution in [2.24, 2.45) is 11.7 Å². The van der Waals surface area contributed by atoms with Crippen LogP contribution in [0.5, 0.6) is 0 Å². The lowest BCUT2D eigenvalue weighted by molar-refractivity contribution is 0.114. The van der Waals surface area contributed by atoms with Gasteiger partial charge < -0.3 is 10.5 Å². The van der Waals surface area contributed by atoms with Crippen molar-refractivity contribution < 1.29 is 4.74 Å². The maximum absolute atomic E-state index is 5.59. The molecule has 1 saturated heterocycles.